The summed E-state index contributed by atoms with van der Waals surface area (Å²) in [4.78, 5) is 15.3. The second-order valence-electron chi connectivity index (χ2n) is 16.5. The van der Waals surface area contributed by atoms with Crippen LogP contribution < -0.4 is 0 Å². The Bertz CT molecular complexity index is 3430. The van der Waals surface area contributed by atoms with Gasteiger partial charge in [-0.3, -0.25) is 0 Å². The van der Waals surface area contributed by atoms with Crippen LogP contribution in [0.4, 0.5) is 0 Å². The van der Waals surface area contributed by atoms with Gasteiger partial charge in [0.05, 0.1) is 5.56 Å². The highest BCUT2D eigenvalue weighted by Gasteiger charge is 2.28. The summed E-state index contributed by atoms with van der Waals surface area (Å²) in [6, 6.07) is 54.9. The molecule has 2 atom stereocenters. The standard InChI is InChI=1S/C51H38B5N3O2/c52-43-41(44(53)46(55)47(56)45(43)54)30-22-20-28(21-23-30)27-16-18-29(19-17-27)32-24-25-35-40(26-32)60-39-15-7-12-36(42(35)39)50-57-49(31-8-2-1-3-9-31)58-51(59-50)37-13-6-11-34-33-10-4-5-14-38(33)61-48(34)37/h1-26,41,43H,52-56H2. The van der Waals surface area contributed by atoms with Gasteiger partial charge in [-0.1, -0.05) is 127 Å². The topological polar surface area (TPSA) is 65.0 Å². The van der Waals surface area contributed by atoms with E-state index >= 15 is 0 Å². The van der Waals surface area contributed by atoms with Gasteiger partial charge in [0.15, 0.2) is 17.5 Å². The molecule has 3 heterocycles. The van der Waals surface area contributed by atoms with Gasteiger partial charge < -0.3 is 8.83 Å². The maximum absolute atomic E-state index is 6.59. The Morgan fingerprint density at radius 2 is 0.984 bits per heavy atom. The van der Waals surface area contributed by atoms with Crippen LogP contribution in [0.15, 0.2) is 188 Å². The lowest BCUT2D eigenvalue weighted by Gasteiger charge is -2.35. The molecule has 3 aromatic heterocycles. The molecule has 0 fully saturated rings. The van der Waals surface area contributed by atoms with Crippen LogP contribution in [0.25, 0.3) is 100 Å². The maximum atomic E-state index is 6.59. The zero-order chi connectivity index (χ0) is 41.4. The Morgan fingerprint density at radius 1 is 0.410 bits per heavy atom. The van der Waals surface area contributed by atoms with Gasteiger partial charge in [-0.25, -0.2) is 15.0 Å². The van der Waals surface area contributed by atoms with Crippen molar-refractivity contribution in [3.05, 3.63) is 185 Å². The first-order valence-electron chi connectivity index (χ1n) is 21.0. The highest BCUT2D eigenvalue weighted by molar-refractivity contribution is 6.46. The number of rotatable bonds is 6. The first kappa shape index (κ1) is 37.0. The molecule has 284 valence electrons. The first-order valence-corrected chi connectivity index (χ1v) is 21.0. The molecule has 0 radical (unpaired) electrons. The SMILES string of the molecule is BC1=C(B)C(B)C(c2ccc(-c3ccc(-c4ccc5c(c4)oc4cccc(-c6nc(-c7ccccc7)nc(-c7cccc8c7oc7ccccc78)n6)c45)cc3)cc2)C(B)=C1B. The number of aromatic nitrogens is 3. The minimum Gasteiger partial charge on any atom is -0.456 e. The molecule has 1 aliphatic carbocycles. The average Bonchev–Trinajstić information content (AvgIpc) is 3.89. The first-order chi connectivity index (χ1) is 29.8. The average molecular weight is 779 g/mol. The smallest absolute Gasteiger partial charge is 0.167 e. The van der Waals surface area contributed by atoms with Gasteiger partial charge in [0.1, 0.15) is 61.6 Å². The molecular weight excluding hydrogens is 741 g/mol. The summed E-state index contributed by atoms with van der Waals surface area (Å²) < 4.78 is 13.0. The summed E-state index contributed by atoms with van der Waals surface area (Å²) in [5.41, 5.74) is 17.6. The van der Waals surface area contributed by atoms with E-state index in [9.17, 15) is 0 Å². The highest BCUT2D eigenvalue weighted by Crippen LogP contribution is 2.44. The van der Waals surface area contributed by atoms with E-state index in [-0.39, 0.29) is 0 Å². The van der Waals surface area contributed by atoms with Gasteiger partial charge in [-0.2, -0.15) is 0 Å². The zero-order valence-corrected chi connectivity index (χ0v) is 34.8. The van der Waals surface area contributed by atoms with Crippen LogP contribution in [0, 0.1) is 0 Å². The van der Waals surface area contributed by atoms with Crippen LogP contribution in [0.1, 0.15) is 11.5 Å². The van der Waals surface area contributed by atoms with Crippen LogP contribution in [-0.4, -0.2) is 54.2 Å². The van der Waals surface area contributed by atoms with Crippen LogP contribution >= 0.6 is 0 Å². The molecule has 11 rings (SSSR count). The summed E-state index contributed by atoms with van der Waals surface area (Å²) in [5.74, 6) is 2.60. The number of para-hydroxylation sites is 2. The molecular formula is C51H38B5N3O2. The van der Waals surface area contributed by atoms with Crippen molar-refractivity contribution < 1.29 is 8.83 Å². The van der Waals surface area contributed by atoms with Gasteiger partial charge in [-0.05, 0) is 69.9 Å². The van der Waals surface area contributed by atoms with Crippen molar-refractivity contribution in [1.29, 1.82) is 0 Å². The maximum Gasteiger partial charge on any atom is 0.167 e. The number of hydrogen-bond acceptors (Lipinski definition) is 5. The fraction of sp³-hybridized carbons (Fsp3) is 0.0392. The van der Waals surface area contributed by atoms with Crippen LogP contribution in [-0.2, 0) is 0 Å². The van der Waals surface area contributed by atoms with Crippen LogP contribution in [0.5, 0.6) is 0 Å². The summed E-state index contributed by atoms with van der Waals surface area (Å²) in [7, 11) is 11.5. The van der Waals surface area contributed by atoms with Crippen LogP contribution in [0.2, 0.25) is 5.82 Å². The van der Waals surface area contributed by atoms with Gasteiger partial charge >= 0.3 is 0 Å². The fourth-order valence-corrected chi connectivity index (χ4v) is 9.52. The molecule has 0 amide bonds. The molecule has 0 aliphatic heterocycles. The second-order valence-corrected chi connectivity index (χ2v) is 16.5. The zero-order valence-electron chi connectivity index (χ0n) is 34.8. The predicted molar refractivity (Wildman–Crippen MR) is 265 cm³/mol. The monoisotopic (exact) mass is 779 g/mol. The van der Waals surface area contributed by atoms with Gasteiger partial charge in [-0.15, -0.1) is 21.9 Å². The molecule has 10 heteroatoms. The minimum atomic E-state index is 0.412. The lowest BCUT2D eigenvalue weighted by Crippen LogP contribution is -2.22. The molecule has 0 N–H and O–H groups in total. The molecule has 0 spiro atoms. The van der Waals surface area contributed by atoms with Crippen molar-refractivity contribution in [3.8, 4) is 56.4 Å². The van der Waals surface area contributed by atoms with Gasteiger partial charge in [0.25, 0.3) is 0 Å². The Balaban J connectivity index is 0.948. The molecule has 0 bridgehead atoms. The molecule has 7 aromatic carbocycles. The molecule has 61 heavy (non-hydrogen) atoms. The van der Waals surface area contributed by atoms with Gasteiger partial charge in [0.2, 0.25) is 0 Å². The lowest BCUT2D eigenvalue weighted by molar-refractivity contribution is 0.668. The van der Waals surface area contributed by atoms with Crippen molar-refractivity contribution in [3.63, 3.8) is 0 Å². The Hall–Kier alpha value is -7.05. The van der Waals surface area contributed by atoms with E-state index in [4.69, 9.17) is 23.8 Å². The molecule has 0 saturated heterocycles. The number of benzene rings is 7. The minimum absolute atomic E-state index is 0.412. The largest absolute Gasteiger partial charge is 0.456 e. The molecule has 0 saturated carbocycles. The number of nitrogens with zero attached hydrogens (tertiary/aromatic N) is 3. The van der Waals surface area contributed by atoms with E-state index in [0.29, 0.717) is 29.2 Å². The lowest BCUT2D eigenvalue weighted by atomic mass is 9.48. The highest BCUT2D eigenvalue weighted by atomic mass is 16.3. The summed E-state index contributed by atoms with van der Waals surface area (Å²) in [6.45, 7) is 0. The van der Waals surface area contributed by atoms with E-state index in [1.165, 1.54) is 38.6 Å². The van der Waals surface area contributed by atoms with Crippen LogP contribution in [0.3, 0.4) is 0 Å². The van der Waals surface area contributed by atoms with Gasteiger partial charge in [0, 0.05) is 32.7 Å². The third-order valence-corrected chi connectivity index (χ3v) is 13.3. The number of furan rings is 2. The van der Waals surface area contributed by atoms with Crippen molar-refractivity contribution in [2.45, 2.75) is 11.7 Å². The van der Waals surface area contributed by atoms with Crippen molar-refractivity contribution in [2.75, 3.05) is 0 Å². The summed E-state index contributed by atoms with van der Waals surface area (Å²) >= 11 is 0. The molecule has 10 aromatic rings. The third kappa shape index (κ3) is 6.20. The molecule has 5 nitrogen and oxygen atoms in total. The van der Waals surface area contributed by atoms with E-state index in [0.717, 1.165) is 71.7 Å². The van der Waals surface area contributed by atoms with Crippen molar-refractivity contribution in [2.24, 2.45) is 0 Å². The van der Waals surface area contributed by atoms with Crippen molar-refractivity contribution in [1.82, 2.24) is 15.0 Å². The third-order valence-electron chi connectivity index (χ3n) is 13.3. The van der Waals surface area contributed by atoms with E-state index in [2.05, 4.69) is 124 Å². The normalized spacial score (nSPS) is 15.7. The van der Waals surface area contributed by atoms with E-state index in [1.54, 1.807) is 0 Å². The Kier molecular flexibility index (Phi) is 8.85. The Morgan fingerprint density at radius 3 is 1.75 bits per heavy atom. The predicted octanol–water partition coefficient (Wildman–Crippen LogP) is 8.48. The summed E-state index contributed by atoms with van der Waals surface area (Å²) in [6.07, 6.45) is 0. The summed E-state index contributed by atoms with van der Waals surface area (Å²) in [5, 5.41) is 4.05. The second kappa shape index (κ2) is 14.6. The number of allylic oxidation sites excluding steroid dienone is 4. The quantitative estimate of drug-likeness (QED) is 0.159. The van der Waals surface area contributed by atoms with Crippen molar-refractivity contribution >= 4 is 83.1 Å². The Labute approximate surface area is 358 Å². The molecule has 1 aliphatic rings. The fourth-order valence-electron chi connectivity index (χ4n) is 9.52. The van der Waals surface area contributed by atoms with E-state index in [1.807, 2.05) is 72.8 Å². The van der Waals surface area contributed by atoms with E-state index < -0.39 is 0 Å². The number of hydrogen-bond donors (Lipinski definition) is 0. The number of fused-ring (bicyclic) bond motifs is 6. The molecule has 2 unspecified atom stereocenters.